The highest BCUT2D eigenvalue weighted by molar-refractivity contribution is 6.26. The summed E-state index contributed by atoms with van der Waals surface area (Å²) in [4.78, 5) is 25.4. The number of nitriles is 1. The summed E-state index contributed by atoms with van der Waals surface area (Å²) in [5.74, 6) is -0.0732. The second-order valence-corrected chi connectivity index (χ2v) is 5.33. The van der Waals surface area contributed by atoms with E-state index in [4.69, 9.17) is 5.26 Å². The molecule has 104 valence electrons. The second-order valence-electron chi connectivity index (χ2n) is 5.33. The first-order chi connectivity index (χ1) is 10.6. The summed E-state index contributed by atoms with van der Waals surface area (Å²) < 4.78 is 1.50. The number of ketones is 1. The Kier molecular flexibility index (Phi) is 2.37. The molecule has 22 heavy (non-hydrogen) atoms. The molecule has 1 aliphatic rings. The smallest absolute Gasteiger partial charge is 0.258 e. The van der Waals surface area contributed by atoms with Crippen LogP contribution < -0.4 is 5.56 Å². The lowest BCUT2D eigenvalue weighted by molar-refractivity contribution is 0.104. The standard InChI is InChI=1S/C18H10N2O2/c1-20-16-12-4-2-3-5-13(12)17(21)15(16)11-7-6-10(9-19)8-14(11)18(20)22/h2-8H,1H3. The number of aromatic nitrogens is 1. The van der Waals surface area contributed by atoms with Gasteiger partial charge in [-0.1, -0.05) is 30.3 Å². The molecule has 0 atom stereocenters. The van der Waals surface area contributed by atoms with Crippen LogP contribution in [-0.4, -0.2) is 10.4 Å². The van der Waals surface area contributed by atoms with Crippen molar-refractivity contribution in [3.63, 3.8) is 0 Å². The summed E-state index contributed by atoms with van der Waals surface area (Å²) in [7, 11) is 1.66. The van der Waals surface area contributed by atoms with E-state index in [9.17, 15) is 9.59 Å². The maximum Gasteiger partial charge on any atom is 0.258 e. The van der Waals surface area contributed by atoms with E-state index in [0.717, 1.165) is 5.56 Å². The minimum Gasteiger partial charge on any atom is -0.310 e. The van der Waals surface area contributed by atoms with Crippen LogP contribution in [0, 0.1) is 11.3 Å². The van der Waals surface area contributed by atoms with Crippen molar-refractivity contribution < 1.29 is 4.79 Å². The average Bonchev–Trinajstić information content (AvgIpc) is 2.86. The van der Waals surface area contributed by atoms with Gasteiger partial charge in [-0.05, 0) is 12.1 Å². The van der Waals surface area contributed by atoms with Crippen LogP contribution in [0.4, 0.5) is 0 Å². The lowest BCUT2D eigenvalue weighted by Gasteiger charge is -2.10. The van der Waals surface area contributed by atoms with Crippen molar-refractivity contribution in [1.29, 1.82) is 5.26 Å². The number of nitrogens with zero attached hydrogens (tertiary/aromatic N) is 2. The summed E-state index contributed by atoms with van der Waals surface area (Å²) in [6, 6.07) is 14.2. The zero-order valence-electron chi connectivity index (χ0n) is 11.8. The summed E-state index contributed by atoms with van der Waals surface area (Å²) in [6.45, 7) is 0. The SMILES string of the molecule is Cn1c2c(c3ccc(C#N)cc3c1=O)C(=O)c1ccccc1-2. The molecule has 4 nitrogen and oxygen atoms in total. The zero-order valence-corrected chi connectivity index (χ0v) is 11.8. The number of hydrogen-bond donors (Lipinski definition) is 0. The minimum absolute atomic E-state index is 0.0732. The first-order valence-corrected chi connectivity index (χ1v) is 6.84. The van der Waals surface area contributed by atoms with Gasteiger partial charge >= 0.3 is 0 Å². The lowest BCUT2D eigenvalue weighted by atomic mass is 10.0. The van der Waals surface area contributed by atoms with Gasteiger partial charge in [0.1, 0.15) is 0 Å². The van der Waals surface area contributed by atoms with Crippen molar-refractivity contribution in [2.45, 2.75) is 0 Å². The van der Waals surface area contributed by atoms with Crippen molar-refractivity contribution in [2.75, 3.05) is 0 Å². The predicted molar refractivity (Wildman–Crippen MR) is 82.8 cm³/mol. The molecule has 0 saturated carbocycles. The molecule has 0 aliphatic heterocycles. The van der Waals surface area contributed by atoms with Crippen LogP contribution in [0.3, 0.4) is 0 Å². The van der Waals surface area contributed by atoms with E-state index in [1.165, 1.54) is 4.57 Å². The van der Waals surface area contributed by atoms with Crippen molar-refractivity contribution in [3.8, 4) is 17.3 Å². The fourth-order valence-corrected chi connectivity index (χ4v) is 3.15. The van der Waals surface area contributed by atoms with Crippen LogP contribution >= 0.6 is 0 Å². The molecule has 0 bridgehead atoms. The van der Waals surface area contributed by atoms with Crippen molar-refractivity contribution >= 4 is 16.6 Å². The molecule has 0 radical (unpaired) electrons. The normalized spacial score (nSPS) is 12.1. The molecule has 0 spiro atoms. The maximum atomic E-state index is 12.7. The van der Waals surface area contributed by atoms with E-state index in [1.54, 1.807) is 31.3 Å². The van der Waals surface area contributed by atoms with Gasteiger partial charge in [0.25, 0.3) is 5.56 Å². The molecule has 0 saturated heterocycles. The molecule has 0 fully saturated rings. The average molecular weight is 286 g/mol. The first kappa shape index (κ1) is 12.5. The number of carbonyl (C=O) groups excluding carboxylic acids is 1. The van der Waals surface area contributed by atoms with E-state index in [-0.39, 0.29) is 11.3 Å². The monoisotopic (exact) mass is 286 g/mol. The van der Waals surface area contributed by atoms with Gasteiger partial charge in [0.15, 0.2) is 5.78 Å². The minimum atomic E-state index is -0.199. The molecule has 1 aliphatic carbocycles. The third kappa shape index (κ3) is 1.40. The molecule has 4 heteroatoms. The Hall–Kier alpha value is -3.19. The highest BCUT2D eigenvalue weighted by Gasteiger charge is 2.31. The molecule has 0 N–H and O–H groups in total. The molecular weight excluding hydrogens is 276 g/mol. The van der Waals surface area contributed by atoms with E-state index in [1.807, 2.05) is 24.3 Å². The first-order valence-electron chi connectivity index (χ1n) is 6.84. The summed E-state index contributed by atoms with van der Waals surface area (Å²) in [6.07, 6.45) is 0. The molecule has 1 heterocycles. The third-order valence-corrected chi connectivity index (χ3v) is 4.18. The van der Waals surface area contributed by atoms with Crippen LogP contribution in [0.1, 0.15) is 21.5 Å². The van der Waals surface area contributed by atoms with Gasteiger partial charge in [0.05, 0.1) is 22.9 Å². The van der Waals surface area contributed by atoms with E-state index in [0.29, 0.717) is 33.2 Å². The van der Waals surface area contributed by atoms with Crippen LogP contribution in [0.25, 0.3) is 22.0 Å². The molecule has 1 aromatic heterocycles. The number of pyridine rings is 1. The molecule has 3 aromatic rings. The Morgan fingerprint density at radius 2 is 1.73 bits per heavy atom. The third-order valence-electron chi connectivity index (χ3n) is 4.18. The quantitative estimate of drug-likeness (QED) is 0.499. The van der Waals surface area contributed by atoms with Crippen molar-refractivity contribution in [3.05, 3.63) is 69.5 Å². The number of carbonyl (C=O) groups is 1. The molecule has 2 aromatic carbocycles. The van der Waals surface area contributed by atoms with Gasteiger partial charge in [-0.2, -0.15) is 5.26 Å². The molecular formula is C18H10N2O2. The van der Waals surface area contributed by atoms with Gasteiger partial charge in [0.2, 0.25) is 0 Å². The van der Waals surface area contributed by atoms with Crippen LogP contribution in [0.5, 0.6) is 0 Å². The number of fused-ring (bicyclic) bond motifs is 5. The number of rotatable bonds is 0. The van der Waals surface area contributed by atoms with Crippen LogP contribution in [0.15, 0.2) is 47.3 Å². The van der Waals surface area contributed by atoms with Crippen LogP contribution in [-0.2, 0) is 7.05 Å². The van der Waals surface area contributed by atoms with Gasteiger partial charge in [0, 0.05) is 28.9 Å². The Morgan fingerprint density at radius 3 is 2.45 bits per heavy atom. The van der Waals surface area contributed by atoms with Gasteiger partial charge in [-0.15, -0.1) is 0 Å². The zero-order chi connectivity index (χ0) is 15.4. The van der Waals surface area contributed by atoms with Crippen molar-refractivity contribution in [1.82, 2.24) is 4.57 Å². The topological polar surface area (TPSA) is 62.9 Å². The fraction of sp³-hybridized carbons (Fsp3) is 0.0556. The van der Waals surface area contributed by atoms with E-state index in [2.05, 4.69) is 0 Å². The Morgan fingerprint density at radius 1 is 1.00 bits per heavy atom. The predicted octanol–water partition coefficient (Wildman–Crippen LogP) is 2.62. The fourth-order valence-electron chi connectivity index (χ4n) is 3.15. The summed E-state index contributed by atoms with van der Waals surface area (Å²) in [5.41, 5.74) is 2.81. The molecule has 0 amide bonds. The molecule has 0 unspecified atom stereocenters. The highest BCUT2D eigenvalue weighted by Crippen LogP contribution is 2.38. The number of hydrogen-bond acceptors (Lipinski definition) is 3. The summed E-state index contributed by atoms with van der Waals surface area (Å²) in [5, 5.41) is 10.0. The van der Waals surface area contributed by atoms with Crippen LogP contribution in [0.2, 0.25) is 0 Å². The Labute approximate surface area is 125 Å². The van der Waals surface area contributed by atoms with Gasteiger partial charge < -0.3 is 4.57 Å². The Bertz CT molecular complexity index is 1080. The molecule has 4 rings (SSSR count). The lowest BCUT2D eigenvalue weighted by Crippen LogP contribution is -2.20. The Balaban J connectivity index is 2.25. The highest BCUT2D eigenvalue weighted by atomic mass is 16.1. The van der Waals surface area contributed by atoms with Crippen molar-refractivity contribution in [2.24, 2.45) is 7.05 Å². The van der Waals surface area contributed by atoms with Gasteiger partial charge in [-0.25, -0.2) is 0 Å². The van der Waals surface area contributed by atoms with E-state index >= 15 is 0 Å². The van der Waals surface area contributed by atoms with E-state index < -0.39 is 0 Å². The summed E-state index contributed by atoms with van der Waals surface area (Å²) >= 11 is 0. The second kappa shape index (κ2) is 4.15. The van der Waals surface area contributed by atoms with Gasteiger partial charge in [-0.3, -0.25) is 9.59 Å². The number of benzene rings is 2. The largest absolute Gasteiger partial charge is 0.310 e. The maximum absolute atomic E-state index is 12.7.